The Kier molecular flexibility index (Phi) is 2.71. The van der Waals surface area contributed by atoms with E-state index in [9.17, 15) is 8.78 Å². The summed E-state index contributed by atoms with van der Waals surface area (Å²) in [6.07, 6.45) is 0. The quantitative estimate of drug-likeness (QED) is 0.718. The summed E-state index contributed by atoms with van der Waals surface area (Å²) < 4.78 is 26.1. The lowest BCUT2D eigenvalue weighted by Gasteiger charge is -2.10. The highest BCUT2D eigenvalue weighted by Gasteiger charge is 2.19. The van der Waals surface area contributed by atoms with Crippen molar-refractivity contribution in [2.24, 2.45) is 0 Å². The summed E-state index contributed by atoms with van der Waals surface area (Å²) in [6.45, 7) is 3.40. The van der Waals surface area contributed by atoms with Crippen LogP contribution in [0.1, 0.15) is 25.3 Å². The van der Waals surface area contributed by atoms with Crippen molar-refractivity contribution in [3.8, 4) is 0 Å². The van der Waals surface area contributed by atoms with E-state index in [4.69, 9.17) is 17.3 Å². The molecule has 0 aliphatic rings. The molecule has 2 N–H and O–H groups in total. The molecule has 0 fully saturated rings. The van der Waals surface area contributed by atoms with Crippen molar-refractivity contribution in [1.82, 2.24) is 4.98 Å². The van der Waals surface area contributed by atoms with Crippen molar-refractivity contribution in [2.75, 3.05) is 5.73 Å². The van der Waals surface area contributed by atoms with Gasteiger partial charge >= 0.3 is 0 Å². The van der Waals surface area contributed by atoms with Gasteiger partial charge in [0.25, 0.3) is 0 Å². The first kappa shape index (κ1) is 10.2. The second-order valence-corrected chi connectivity index (χ2v) is 3.36. The first-order chi connectivity index (χ1) is 5.95. The average molecular weight is 207 g/mol. The molecule has 13 heavy (non-hydrogen) atoms. The Bertz CT molecular complexity index is 313. The van der Waals surface area contributed by atoms with Gasteiger partial charge in [0.05, 0.1) is 0 Å². The van der Waals surface area contributed by atoms with E-state index in [0.29, 0.717) is 0 Å². The SMILES string of the molecule is CC(C)c1c(F)c(N)nc(F)c1Cl. The average Bonchev–Trinajstić information content (AvgIpc) is 2.01. The van der Waals surface area contributed by atoms with Crippen molar-refractivity contribution < 1.29 is 8.78 Å². The van der Waals surface area contributed by atoms with Gasteiger partial charge in [-0.3, -0.25) is 0 Å². The topological polar surface area (TPSA) is 38.9 Å². The standard InChI is InChI=1S/C8H9ClF2N2/c1-3(2)4-5(9)7(11)13-8(12)6(4)10/h3H,1-2H3,(H2,12,13). The van der Waals surface area contributed by atoms with Gasteiger partial charge in [0.1, 0.15) is 5.02 Å². The maximum Gasteiger partial charge on any atom is 0.234 e. The molecule has 0 aliphatic carbocycles. The number of nitrogens with two attached hydrogens (primary N) is 1. The third kappa shape index (κ3) is 1.72. The molecular weight excluding hydrogens is 198 g/mol. The number of hydrogen-bond donors (Lipinski definition) is 1. The van der Waals surface area contributed by atoms with Crippen molar-refractivity contribution in [3.05, 3.63) is 22.4 Å². The second-order valence-electron chi connectivity index (χ2n) is 2.98. The first-order valence-corrected chi connectivity index (χ1v) is 4.12. The highest BCUT2D eigenvalue weighted by atomic mass is 35.5. The lowest BCUT2D eigenvalue weighted by atomic mass is 10.0. The molecule has 0 radical (unpaired) electrons. The maximum atomic E-state index is 13.3. The van der Waals surface area contributed by atoms with Gasteiger partial charge in [-0.25, -0.2) is 4.39 Å². The summed E-state index contributed by atoms with van der Waals surface area (Å²) >= 11 is 5.53. The minimum absolute atomic E-state index is 0.0756. The minimum Gasteiger partial charge on any atom is -0.381 e. The van der Waals surface area contributed by atoms with E-state index in [2.05, 4.69) is 4.98 Å². The molecule has 0 amide bonds. The van der Waals surface area contributed by atoms with Crippen molar-refractivity contribution in [3.63, 3.8) is 0 Å². The van der Waals surface area contributed by atoms with E-state index >= 15 is 0 Å². The Morgan fingerprint density at radius 2 is 1.92 bits per heavy atom. The zero-order valence-corrected chi connectivity index (χ0v) is 7.99. The van der Waals surface area contributed by atoms with E-state index < -0.39 is 17.6 Å². The molecule has 0 unspecified atom stereocenters. The summed E-state index contributed by atoms with van der Waals surface area (Å²) in [5.41, 5.74) is 5.22. The van der Waals surface area contributed by atoms with Crippen LogP contribution in [0.2, 0.25) is 5.02 Å². The molecule has 2 nitrogen and oxygen atoms in total. The minimum atomic E-state index is -0.927. The molecule has 1 heterocycles. The Hall–Kier alpha value is -0.900. The Balaban J connectivity index is 3.46. The summed E-state index contributed by atoms with van der Waals surface area (Å²) in [5.74, 6) is -2.34. The van der Waals surface area contributed by atoms with E-state index in [1.54, 1.807) is 13.8 Å². The zero-order chi connectivity index (χ0) is 10.2. The van der Waals surface area contributed by atoms with E-state index in [0.717, 1.165) is 0 Å². The number of nitrogens with zero attached hydrogens (tertiary/aromatic N) is 1. The maximum absolute atomic E-state index is 13.3. The number of rotatable bonds is 1. The molecule has 0 bridgehead atoms. The van der Waals surface area contributed by atoms with Gasteiger partial charge in [-0.05, 0) is 5.92 Å². The van der Waals surface area contributed by atoms with Gasteiger partial charge in [-0.1, -0.05) is 25.4 Å². The number of anilines is 1. The first-order valence-electron chi connectivity index (χ1n) is 3.75. The van der Waals surface area contributed by atoms with Crippen molar-refractivity contribution in [2.45, 2.75) is 19.8 Å². The molecule has 1 aromatic rings. The molecule has 1 aromatic heterocycles. The van der Waals surface area contributed by atoms with Crippen LogP contribution in [0.25, 0.3) is 0 Å². The Labute approximate surface area is 79.7 Å². The number of nitrogen functional groups attached to an aromatic ring is 1. The van der Waals surface area contributed by atoms with Gasteiger partial charge in [0.2, 0.25) is 5.95 Å². The summed E-state index contributed by atoms with van der Waals surface area (Å²) in [5, 5.41) is -0.290. The van der Waals surface area contributed by atoms with Crippen LogP contribution in [-0.4, -0.2) is 4.98 Å². The molecule has 0 atom stereocenters. The fraction of sp³-hybridized carbons (Fsp3) is 0.375. The number of aromatic nitrogens is 1. The predicted molar refractivity (Wildman–Crippen MR) is 47.7 cm³/mol. The summed E-state index contributed by atoms with van der Waals surface area (Å²) in [4.78, 5) is 3.12. The van der Waals surface area contributed by atoms with Crippen LogP contribution < -0.4 is 5.73 Å². The summed E-state index contributed by atoms with van der Waals surface area (Å²) in [7, 11) is 0. The molecule has 72 valence electrons. The van der Waals surface area contributed by atoms with Gasteiger partial charge in [-0.2, -0.15) is 9.37 Å². The molecule has 0 saturated carbocycles. The van der Waals surface area contributed by atoms with Crippen molar-refractivity contribution >= 4 is 17.4 Å². The molecule has 0 spiro atoms. The van der Waals surface area contributed by atoms with E-state index in [1.165, 1.54) is 0 Å². The number of hydrogen-bond acceptors (Lipinski definition) is 2. The van der Waals surface area contributed by atoms with Crippen LogP contribution in [0.5, 0.6) is 0 Å². The zero-order valence-electron chi connectivity index (χ0n) is 7.24. The monoisotopic (exact) mass is 206 g/mol. The fourth-order valence-electron chi connectivity index (χ4n) is 1.06. The third-order valence-electron chi connectivity index (χ3n) is 1.67. The lowest BCUT2D eigenvalue weighted by Crippen LogP contribution is -2.05. The summed E-state index contributed by atoms with van der Waals surface area (Å²) in [6, 6.07) is 0. The van der Waals surface area contributed by atoms with E-state index in [1.807, 2.05) is 0 Å². The van der Waals surface area contributed by atoms with Gasteiger partial charge in [0.15, 0.2) is 11.6 Å². The van der Waals surface area contributed by atoms with Gasteiger partial charge in [0, 0.05) is 5.56 Å². The highest BCUT2D eigenvalue weighted by Crippen LogP contribution is 2.30. The fourth-order valence-corrected chi connectivity index (χ4v) is 1.40. The van der Waals surface area contributed by atoms with Crippen LogP contribution >= 0.6 is 11.6 Å². The molecular formula is C8H9ClF2N2. The molecule has 0 saturated heterocycles. The molecule has 0 aromatic carbocycles. The number of halogens is 3. The van der Waals surface area contributed by atoms with Crippen LogP contribution in [0.15, 0.2) is 0 Å². The third-order valence-corrected chi connectivity index (χ3v) is 2.03. The van der Waals surface area contributed by atoms with Gasteiger partial charge in [-0.15, -0.1) is 0 Å². The van der Waals surface area contributed by atoms with Crippen LogP contribution in [0, 0.1) is 11.8 Å². The normalized spacial score (nSPS) is 10.9. The van der Waals surface area contributed by atoms with Gasteiger partial charge < -0.3 is 5.73 Å². The Morgan fingerprint density at radius 3 is 2.38 bits per heavy atom. The smallest absolute Gasteiger partial charge is 0.234 e. The predicted octanol–water partition coefficient (Wildman–Crippen LogP) is 2.72. The highest BCUT2D eigenvalue weighted by molar-refractivity contribution is 6.31. The molecule has 0 aliphatic heterocycles. The lowest BCUT2D eigenvalue weighted by molar-refractivity contribution is 0.549. The Morgan fingerprint density at radius 1 is 1.38 bits per heavy atom. The molecule has 1 rings (SSSR count). The number of pyridine rings is 1. The largest absolute Gasteiger partial charge is 0.381 e. The van der Waals surface area contributed by atoms with Crippen LogP contribution in [0.3, 0.4) is 0 Å². The molecule has 5 heteroatoms. The van der Waals surface area contributed by atoms with E-state index in [-0.39, 0.29) is 16.5 Å². The van der Waals surface area contributed by atoms with Crippen molar-refractivity contribution in [1.29, 1.82) is 0 Å². The van der Waals surface area contributed by atoms with Crippen LogP contribution in [-0.2, 0) is 0 Å². The van der Waals surface area contributed by atoms with Crippen LogP contribution in [0.4, 0.5) is 14.6 Å². The second kappa shape index (κ2) is 3.46.